The van der Waals surface area contributed by atoms with Gasteiger partial charge < -0.3 is 15.4 Å². The molecule has 22 heavy (non-hydrogen) atoms. The average molecular weight is 312 g/mol. The van der Waals surface area contributed by atoms with Gasteiger partial charge in [-0.1, -0.05) is 0 Å². The highest BCUT2D eigenvalue weighted by atomic mass is 19.1. The molecule has 6 heteroatoms. The summed E-state index contributed by atoms with van der Waals surface area (Å²) >= 11 is 0. The predicted molar refractivity (Wildman–Crippen MR) is 79.5 cm³/mol. The number of halogens is 2. The molecule has 1 amide bonds. The van der Waals surface area contributed by atoms with Crippen LogP contribution in [0.3, 0.4) is 0 Å². The lowest BCUT2D eigenvalue weighted by Gasteiger charge is -2.20. The average Bonchev–Trinajstić information content (AvgIpc) is 3.07. The van der Waals surface area contributed by atoms with Crippen molar-refractivity contribution in [2.75, 3.05) is 0 Å². The van der Waals surface area contributed by atoms with E-state index in [2.05, 4.69) is 10.6 Å². The van der Waals surface area contributed by atoms with Crippen LogP contribution in [0.25, 0.3) is 0 Å². The molecule has 1 aromatic carbocycles. The Morgan fingerprint density at radius 1 is 1.32 bits per heavy atom. The van der Waals surface area contributed by atoms with Crippen LogP contribution in [0.15, 0.2) is 18.2 Å². The molecule has 1 fully saturated rings. The van der Waals surface area contributed by atoms with Crippen LogP contribution in [0.5, 0.6) is 0 Å². The summed E-state index contributed by atoms with van der Waals surface area (Å²) in [6, 6.07) is 3.04. The number of ether oxygens (including phenoxy) is 1. The number of hydrogen-bond acceptors (Lipinski definition) is 3. The number of hydrogen-bond donors (Lipinski definition) is 2. The highest BCUT2D eigenvalue weighted by Gasteiger charge is 2.40. The SMILES string of the molecule is CC(NC1CC1NC(=O)OC(C)(C)C)c1cc(F)ccc1F. The summed E-state index contributed by atoms with van der Waals surface area (Å²) in [7, 11) is 0. The summed E-state index contributed by atoms with van der Waals surface area (Å²) < 4.78 is 32.1. The molecular weight excluding hydrogens is 290 g/mol. The minimum absolute atomic E-state index is 0.0326. The number of nitrogens with one attached hydrogen (secondary N) is 2. The maximum absolute atomic E-state index is 13.7. The fourth-order valence-electron chi connectivity index (χ4n) is 2.25. The Hall–Kier alpha value is -1.69. The number of benzene rings is 1. The Balaban J connectivity index is 1.84. The first-order valence-corrected chi connectivity index (χ1v) is 7.36. The van der Waals surface area contributed by atoms with Crippen LogP contribution in [-0.2, 0) is 4.74 Å². The van der Waals surface area contributed by atoms with Crippen molar-refractivity contribution in [2.24, 2.45) is 0 Å². The van der Waals surface area contributed by atoms with Crippen molar-refractivity contribution in [1.29, 1.82) is 0 Å². The molecule has 3 atom stereocenters. The second-order valence-electron chi connectivity index (χ2n) is 6.65. The zero-order valence-corrected chi connectivity index (χ0v) is 13.2. The van der Waals surface area contributed by atoms with Crippen LogP contribution in [0.4, 0.5) is 13.6 Å². The summed E-state index contributed by atoms with van der Waals surface area (Å²) in [5.74, 6) is -0.914. The molecule has 3 unspecified atom stereocenters. The fraction of sp³-hybridized carbons (Fsp3) is 0.562. The van der Waals surface area contributed by atoms with Gasteiger partial charge in [-0.2, -0.15) is 0 Å². The van der Waals surface area contributed by atoms with E-state index in [9.17, 15) is 13.6 Å². The monoisotopic (exact) mass is 312 g/mol. The summed E-state index contributed by atoms with van der Waals surface area (Å²) in [6.45, 7) is 7.15. The first-order valence-electron chi connectivity index (χ1n) is 7.36. The Morgan fingerprint density at radius 3 is 2.64 bits per heavy atom. The first-order chi connectivity index (χ1) is 10.2. The lowest BCUT2D eigenvalue weighted by atomic mass is 10.1. The molecule has 2 N–H and O–H groups in total. The highest BCUT2D eigenvalue weighted by molar-refractivity contribution is 5.68. The van der Waals surface area contributed by atoms with Crippen molar-refractivity contribution in [2.45, 2.75) is 57.8 Å². The summed E-state index contributed by atoms with van der Waals surface area (Å²) in [6.07, 6.45) is 0.270. The smallest absolute Gasteiger partial charge is 0.407 e. The summed E-state index contributed by atoms with van der Waals surface area (Å²) in [5, 5.41) is 5.93. The van der Waals surface area contributed by atoms with Gasteiger partial charge in [-0.05, 0) is 52.3 Å². The van der Waals surface area contributed by atoms with Gasteiger partial charge in [-0.3, -0.25) is 0 Å². The summed E-state index contributed by atoms with van der Waals surface area (Å²) in [4.78, 5) is 11.6. The Kier molecular flexibility index (Phi) is 4.70. The molecule has 0 aliphatic heterocycles. The van der Waals surface area contributed by atoms with Gasteiger partial charge in [-0.15, -0.1) is 0 Å². The van der Waals surface area contributed by atoms with E-state index in [1.54, 1.807) is 27.7 Å². The minimum Gasteiger partial charge on any atom is -0.444 e. The van der Waals surface area contributed by atoms with Gasteiger partial charge in [-0.25, -0.2) is 13.6 Å². The van der Waals surface area contributed by atoms with Crippen molar-refractivity contribution in [3.05, 3.63) is 35.4 Å². The molecule has 0 bridgehead atoms. The van der Waals surface area contributed by atoms with Gasteiger partial charge in [0, 0.05) is 23.7 Å². The second-order valence-corrected chi connectivity index (χ2v) is 6.65. The third-order valence-electron chi connectivity index (χ3n) is 3.38. The topological polar surface area (TPSA) is 50.4 Å². The van der Waals surface area contributed by atoms with E-state index < -0.39 is 23.3 Å². The molecule has 0 aromatic heterocycles. The zero-order valence-electron chi connectivity index (χ0n) is 13.2. The molecular formula is C16H22F2N2O2. The Bertz CT molecular complexity index is 558. The van der Waals surface area contributed by atoms with Crippen LogP contribution >= 0.6 is 0 Å². The van der Waals surface area contributed by atoms with E-state index in [4.69, 9.17) is 4.74 Å². The largest absolute Gasteiger partial charge is 0.444 e. The maximum atomic E-state index is 13.7. The summed E-state index contributed by atoms with van der Waals surface area (Å²) in [5.41, 5.74) is -0.261. The van der Waals surface area contributed by atoms with Crippen LogP contribution in [-0.4, -0.2) is 23.8 Å². The third-order valence-corrected chi connectivity index (χ3v) is 3.38. The zero-order chi connectivity index (χ0) is 16.5. The number of alkyl carbamates (subject to hydrolysis) is 1. The van der Waals surface area contributed by atoms with E-state index in [0.29, 0.717) is 0 Å². The second kappa shape index (κ2) is 6.20. The molecule has 4 nitrogen and oxygen atoms in total. The van der Waals surface area contributed by atoms with Gasteiger partial charge in [0.25, 0.3) is 0 Å². The minimum atomic E-state index is -0.542. The molecule has 1 aliphatic rings. The van der Waals surface area contributed by atoms with E-state index in [-0.39, 0.29) is 23.7 Å². The van der Waals surface area contributed by atoms with Gasteiger partial charge in [0.05, 0.1) is 0 Å². The highest BCUT2D eigenvalue weighted by Crippen LogP contribution is 2.27. The van der Waals surface area contributed by atoms with E-state index in [1.165, 1.54) is 6.07 Å². The molecule has 1 aliphatic carbocycles. The quantitative estimate of drug-likeness (QED) is 0.897. The third kappa shape index (κ3) is 4.66. The van der Waals surface area contributed by atoms with Crippen molar-refractivity contribution in [3.8, 4) is 0 Å². The molecule has 122 valence electrons. The molecule has 1 aromatic rings. The Morgan fingerprint density at radius 2 is 2.00 bits per heavy atom. The molecule has 0 saturated heterocycles. The lowest BCUT2D eigenvalue weighted by molar-refractivity contribution is 0.0522. The number of carbonyl (C=O) groups excluding carboxylic acids is 1. The molecule has 1 saturated carbocycles. The van der Waals surface area contributed by atoms with Gasteiger partial charge >= 0.3 is 6.09 Å². The molecule has 2 rings (SSSR count). The number of rotatable bonds is 4. The van der Waals surface area contributed by atoms with Crippen molar-refractivity contribution >= 4 is 6.09 Å². The van der Waals surface area contributed by atoms with Crippen LogP contribution in [0.1, 0.15) is 45.7 Å². The number of amides is 1. The predicted octanol–water partition coefficient (Wildman–Crippen LogP) is 3.28. The van der Waals surface area contributed by atoms with Crippen molar-refractivity contribution in [3.63, 3.8) is 0 Å². The normalized spacial score (nSPS) is 22.1. The van der Waals surface area contributed by atoms with Gasteiger partial charge in [0.1, 0.15) is 17.2 Å². The Labute approximate surface area is 129 Å². The molecule has 0 spiro atoms. The van der Waals surface area contributed by atoms with Gasteiger partial charge in [0.15, 0.2) is 0 Å². The standard InChI is InChI=1S/C16H22F2N2O2/c1-9(11-7-10(17)5-6-12(11)18)19-13-8-14(13)20-15(21)22-16(2,3)4/h5-7,9,13-14,19H,8H2,1-4H3,(H,20,21). The molecule has 0 radical (unpaired) electrons. The molecule has 0 heterocycles. The first kappa shape index (κ1) is 16.7. The van der Waals surface area contributed by atoms with E-state index in [1.807, 2.05) is 0 Å². The number of carbonyl (C=O) groups is 1. The van der Waals surface area contributed by atoms with Crippen molar-refractivity contribution in [1.82, 2.24) is 10.6 Å². The van der Waals surface area contributed by atoms with Crippen LogP contribution < -0.4 is 10.6 Å². The van der Waals surface area contributed by atoms with Crippen LogP contribution in [0.2, 0.25) is 0 Å². The lowest BCUT2D eigenvalue weighted by Crippen LogP contribution is -2.37. The van der Waals surface area contributed by atoms with E-state index in [0.717, 1.165) is 18.6 Å². The fourth-order valence-corrected chi connectivity index (χ4v) is 2.25. The van der Waals surface area contributed by atoms with Gasteiger partial charge in [0.2, 0.25) is 0 Å². The maximum Gasteiger partial charge on any atom is 0.407 e. The van der Waals surface area contributed by atoms with Crippen molar-refractivity contribution < 1.29 is 18.3 Å². The van der Waals surface area contributed by atoms with Crippen LogP contribution in [0, 0.1) is 11.6 Å². The van der Waals surface area contributed by atoms with E-state index >= 15 is 0 Å².